The van der Waals surface area contributed by atoms with Crippen LogP contribution in [0.2, 0.25) is 0 Å². The number of aromatic nitrogens is 2. The van der Waals surface area contributed by atoms with Crippen molar-refractivity contribution in [1.82, 2.24) is 19.6 Å². The maximum atomic E-state index is 13.7. The van der Waals surface area contributed by atoms with Crippen molar-refractivity contribution < 1.29 is 19.0 Å². The molecule has 4 rings (SSSR count). The molecule has 8 nitrogen and oxygen atoms in total. The van der Waals surface area contributed by atoms with Gasteiger partial charge in [-0.2, -0.15) is 5.10 Å². The van der Waals surface area contributed by atoms with Gasteiger partial charge in [0.05, 0.1) is 31.0 Å². The maximum Gasteiger partial charge on any atom is 0.257 e. The molecule has 1 fully saturated rings. The molecular formula is C25H36N4O4. The summed E-state index contributed by atoms with van der Waals surface area (Å²) in [5.41, 5.74) is 1.78. The number of nitrogens with zero attached hydrogens (tertiary/aromatic N) is 4. The molecule has 0 saturated carbocycles. The molecule has 2 aliphatic rings. The number of fused-ring (bicyclic) bond motifs is 2. The Morgan fingerprint density at radius 3 is 2.76 bits per heavy atom. The van der Waals surface area contributed by atoms with Crippen molar-refractivity contribution in [3.63, 3.8) is 0 Å². The quantitative estimate of drug-likeness (QED) is 0.704. The fraction of sp³-hybridized carbons (Fsp3) is 0.600. The number of hydrogen-bond acceptors (Lipinski definition) is 6. The van der Waals surface area contributed by atoms with E-state index in [1.807, 2.05) is 41.0 Å². The van der Waals surface area contributed by atoms with Crippen molar-refractivity contribution >= 4 is 5.91 Å². The van der Waals surface area contributed by atoms with Gasteiger partial charge in [-0.25, -0.2) is 0 Å². The first kappa shape index (κ1) is 23.6. The first-order valence-electron chi connectivity index (χ1n) is 11.9. The number of benzene rings is 1. The van der Waals surface area contributed by atoms with Crippen LogP contribution >= 0.6 is 0 Å². The Kier molecular flexibility index (Phi) is 7.88. The van der Waals surface area contributed by atoms with Gasteiger partial charge in [0.1, 0.15) is 18.1 Å². The van der Waals surface area contributed by atoms with E-state index in [1.165, 1.54) is 5.56 Å². The highest BCUT2D eigenvalue weighted by Gasteiger charge is 2.35. The lowest BCUT2D eigenvalue weighted by molar-refractivity contribution is -0.0155. The normalized spacial score (nSPS) is 22.9. The van der Waals surface area contributed by atoms with E-state index in [0.717, 1.165) is 58.3 Å². The molecule has 1 aromatic heterocycles. The predicted octanol–water partition coefficient (Wildman–Crippen LogP) is 3.11. The van der Waals surface area contributed by atoms with Crippen LogP contribution in [-0.2, 0) is 18.3 Å². The van der Waals surface area contributed by atoms with Gasteiger partial charge in [-0.15, -0.1) is 0 Å². The van der Waals surface area contributed by atoms with Crippen LogP contribution in [0.3, 0.4) is 0 Å². The lowest BCUT2D eigenvalue weighted by Gasteiger charge is -2.41. The summed E-state index contributed by atoms with van der Waals surface area (Å²) >= 11 is 0. The van der Waals surface area contributed by atoms with E-state index >= 15 is 0 Å². The summed E-state index contributed by atoms with van der Waals surface area (Å²) in [6, 6.07) is 5.57. The van der Waals surface area contributed by atoms with Gasteiger partial charge in [-0.3, -0.25) is 14.4 Å². The van der Waals surface area contributed by atoms with Crippen LogP contribution in [0.15, 0.2) is 30.6 Å². The minimum Gasteiger partial charge on any atom is -0.497 e. The third-order valence-electron chi connectivity index (χ3n) is 6.75. The molecule has 2 aromatic rings. The van der Waals surface area contributed by atoms with Crippen LogP contribution in [0, 0.1) is 0 Å². The minimum absolute atomic E-state index is 0.0193. The Hall–Kier alpha value is -2.58. The molecule has 1 saturated heterocycles. The van der Waals surface area contributed by atoms with E-state index in [2.05, 4.69) is 16.2 Å². The second kappa shape index (κ2) is 11.0. The van der Waals surface area contributed by atoms with Gasteiger partial charge in [-0.1, -0.05) is 6.42 Å². The molecular weight excluding hydrogens is 420 g/mol. The smallest absolute Gasteiger partial charge is 0.257 e. The SMILES string of the molecule is COc1ccc2c(c1)OCCN(Cc1cnn(C)c1)CCCC[C@@H]1[C@H](OC)CCCN1C2=O. The van der Waals surface area contributed by atoms with Crippen LogP contribution in [-0.4, -0.2) is 78.1 Å². The summed E-state index contributed by atoms with van der Waals surface area (Å²) in [6.07, 6.45) is 9.05. The van der Waals surface area contributed by atoms with Crippen LogP contribution in [0.5, 0.6) is 11.5 Å². The number of piperidine rings is 1. The lowest BCUT2D eigenvalue weighted by atomic mass is 9.93. The van der Waals surface area contributed by atoms with E-state index in [-0.39, 0.29) is 18.1 Å². The molecule has 0 bridgehead atoms. The average molecular weight is 457 g/mol. The molecule has 8 heteroatoms. The Labute approximate surface area is 196 Å². The van der Waals surface area contributed by atoms with Crippen molar-refractivity contribution in [1.29, 1.82) is 0 Å². The molecule has 3 heterocycles. The fourth-order valence-electron chi connectivity index (χ4n) is 5.03. The zero-order valence-corrected chi connectivity index (χ0v) is 20.0. The lowest BCUT2D eigenvalue weighted by Crippen LogP contribution is -2.51. The Bertz CT molecular complexity index is 931. The predicted molar refractivity (Wildman–Crippen MR) is 126 cm³/mol. The second-order valence-electron chi connectivity index (χ2n) is 8.99. The van der Waals surface area contributed by atoms with Crippen molar-refractivity contribution in [2.75, 3.05) is 40.5 Å². The topological polar surface area (TPSA) is 69.1 Å². The van der Waals surface area contributed by atoms with Crippen molar-refractivity contribution in [3.05, 3.63) is 41.7 Å². The monoisotopic (exact) mass is 456 g/mol. The summed E-state index contributed by atoms with van der Waals surface area (Å²) < 4.78 is 19.3. The molecule has 2 atom stereocenters. The molecule has 180 valence electrons. The minimum atomic E-state index is 0.0193. The number of amides is 1. The molecule has 0 spiro atoms. The number of hydrogen-bond donors (Lipinski definition) is 0. The van der Waals surface area contributed by atoms with Crippen molar-refractivity contribution in [2.24, 2.45) is 7.05 Å². The molecule has 2 aliphatic heterocycles. The Morgan fingerprint density at radius 1 is 1.12 bits per heavy atom. The van der Waals surface area contributed by atoms with E-state index in [0.29, 0.717) is 23.7 Å². The number of ether oxygens (including phenoxy) is 3. The third kappa shape index (κ3) is 5.68. The number of carbonyl (C=O) groups is 1. The molecule has 0 radical (unpaired) electrons. The molecule has 0 unspecified atom stereocenters. The fourth-order valence-corrected chi connectivity index (χ4v) is 5.03. The zero-order chi connectivity index (χ0) is 23.2. The maximum absolute atomic E-state index is 13.7. The molecule has 1 aromatic carbocycles. The van der Waals surface area contributed by atoms with Gasteiger partial charge < -0.3 is 19.1 Å². The third-order valence-corrected chi connectivity index (χ3v) is 6.75. The first-order chi connectivity index (χ1) is 16.1. The number of methoxy groups -OCH3 is 2. The Balaban J connectivity index is 1.60. The van der Waals surface area contributed by atoms with Gasteiger partial charge in [0, 0.05) is 51.6 Å². The summed E-state index contributed by atoms with van der Waals surface area (Å²) in [5, 5.41) is 4.31. The number of aryl methyl sites for hydroxylation is 1. The van der Waals surface area contributed by atoms with Crippen molar-refractivity contribution in [3.8, 4) is 11.5 Å². The van der Waals surface area contributed by atoms with Gasteiger partial charge in [0.25, 0.3) is 5.91 Å². The van der Waals surface area contributed by atoms with Gasteiger partial charge in [-0.05, 0) is 44.4 Å². The van der Waals surface area contributed by atoms with Gasteiger partial charge >= 0.3 is 0 Å². The van der Waals surface area contributed by atoms with E-state index in [4.69, 9.17) is 14.2 Å². The van der Waals surface area contributed by atoms with Crippen LogP contribution < -0.4 is 9.47 Å². The summed E-state index contributed by atoms with van der Waals surface area (Å²) in [7, 11) is 5.33. The van der Waals surface area contributed by atoms with Crippen LogP contribution in [0.25, 0.3) is 0 Å². The second-order valence-corrected chi connectivity index (χ2v) is 8.99. The highest BCUT2D eigenvalue weighted by Crippen LogP contribution is 2.31. The Morgan fingerprint density at radius 2 is 2.00 bits per heavy atom. The largest absolute Gasteiger partial charge is 0.497 e. The number of carbonyl (C=O) groups excluding carboxylic acids is 1. The molecule has 0 N–H and O–H groups in total. The van der Waals surface area contributed by atoms with E-state index in [1.54, 1.807) is 14.2 Å². The average Bonchev–Trinajstić information content (AvgIpc) is 3.25. The van der Waals surface area contributed by atoms with Crippen molar-refractivity contribution in [2.45, 2.75) is 50.8 Å². The van der Waals surface area contributed by atoms with Gasteiger partial charge in [0.15, 0.2) is 0 Å². The van der Waals surface area contributed by atoms with E-state index in [9.17, 15) is 4.79 Å². The zero-order valence-electron chi connectivity index (χ0n) is 20.0. The standard InChI is InChI=1S/C25H36N4O4/c1-27-17-19(16-26-27)18-28-11-5-4-7-22-23(32-3)8-6-12-29(22)25(30)21-10-9-20(31-2)15-24(21)33-14-13-28/h9-10,15-17,22-23H,4-8,11-14,18H2,1-3H3/t22-,23-/m1/s1. The first-order valence-corrected chi connectivity index (χ1v) is 11.9. The highest BCUT2D eigenvalue weighted by molar-refractivity contribution is 5.97. The molecule has 0 aliphatic carbocycles. The van der Waals surface area contributed by atoms with Crippen LogP contribution in [0.1, 0.15) is 48.0 Å². The molecule has 33 heavy (non-hydrogen) atoms. The summed E-state index contributed by atoms with van der Waals surface area (Å²) in [5.74, 6) is 1.28. The summed E-state index contributed by atoms with van der Waals surface area (Å²) in [6.45, 7) is 3.83. The highest BCUT2D eigenvalue weighted by atomic mass is 16.5. The molecule has 1 amide bonds. The number of rotatable bonds is 4. The van der Waals surface area contributed by atoms with Gasteiger partial charge in [0.2, 0.25) is 0 Å². The van der Waals surface area contributed by atoms with E-state index < -0.39 is 0 Å². The summed E-state index contributed by atoms with van der Waals surface area (Å²) in [4.78, 5) is 18.1. The van der Waals surface area contributed by atoms with Crippen LogP contribution in [0.4, 0.5) is 0 Å².